The zero-order valence-corrected chi connectivity index (χ0v) is 11.1. The van der Waals surface area contributed by atoms with Crippen molar-refractivity contribution in [3.8, 4) is 0 Å². The molecular formula is C12H18O7. The van der Waals surface area contributed by atoms with Gasteiger partial charge in [0.25, 0.3) is 0 Å². The van der Waals surface area contributed by atoms with E-state index in [4.69, 9.17) is 9.47 Å². The standard InChI is InChI=1S/C12H18O7/c1-4-17-11(14)9(2)12(15)19-8-6-16-5-7-18-10(3)13/h2,4-8H2,1,3H3. The van der Waals surface area contributed by atoms with Crippen LogP contribution in [-0.4, -0.2) is 50.9 Å². The molecule has 0 atom stereocenters. The highest BCUT2D eigenvalue weighted by Gasteiger charge is 2.17. The Balaban J connectivity index is 3.61. The van der Waals surface area contributed by atoms with Crippen molar-refractivity contribution in [2.75, 3.05) is 33.0 Å². The van der Waals surface area contributed by atoms with Gasteiger partial charge in [-0.3, -0.25) is 4.79 Å². The summed E-state index contributed by atoms with van der Waals surface area (Å²) in [7, 11) is 0. The van der Waals surface area contributed by atoms with Crippen LogP contribution in [0.3, 0.4) is 0 Å². The molecule has 0 heterocycles. The predicted molar refractivity (Wildman–Crippen MR) is 64.2 cm³/mol. The zero-order chi connectivity index (χ0) is 14.7. The number of hydrogen-bond acceptors (Lipinski definition) is 7. The first-order chi connectivity index (χ1) is 8.99. The monoisotopic (exact) mass is 274 g/mol. The van der Waals surface area contributed by atoms with Crippen molar-refractivity contribution in [3.63, 3.8) is 0 Å². The van der Waals surface area contributed by atoms with Crippen LogP contribution in [0.4, 0.5) is 0 Å². The maximum absolute atomic E-state index is 11.3. The van der Waals surface area contributed by atoms with Gasteiger partial charge in [0.2, 0.25) is 0 Å². The summed E-state index contributed by atoms with van der Waals surface area (Å²) in [6, 6.07) is 0. The van der Waals surface area contributed by atoms with E-state index in [0.717, 1.165) is 0 Å². The number of esters is 3. The third-order valence-electron chi connectivity index (χ3n) is 1.76. The van der Waals surface area contributed by atoms with Crippen LogP contribution in [0, 0.1) is 0 Å². The van der Waals surface area contributed by atoms with Gasteiger partial charge in [-0.15, -0.1) is 0 Å². The fraction of sp³-hybridized carbons (Fsp3) is 0.583. The quantitative estimate of drug-likeness (QED) is 0.148. The van der Waals surface area contributed by atoms with Crippen LogP contribution in [0.5, 0.6) is 0 Å². The first-order valence-electron chi connectivity index (χ1n) is 5.73. The Hall–Kier alpha value is -1.89. The molecule has 0 saturated carbocycles. The lowest BCUT2D eigenvalue weighted by atomic mass is 10.3. The molecule has 0 aromatic rings. The molecular weight excluding hydrogens is 256 g/mol. The molecule has 0 fully saturated rings. The number of ether oxygens (including phenoxy) is 4. The van der Waals surface area contributed by atoms with E-state index in [-0.39, 0.29) is 44.6 Å². The largest absolute Gasteiger partial charge is 0.463 e. The molecule has 0 bridgehead atoms. The Morgan fingerprint density at radius 3 is 1.95 bits per heavy atom. The molecule has 108 valence electrons. The average molecular weight is 274 g/mol. The van der Waals surface area contributed by atoms with E-state index >= 15 is 0 Å². The van der Waals surface area contributed by atoms with E-state index in [1.54, 1.807) is 6.92 Å². The minimum Gasteiger partial charge on any atom is -0.463 e. The summed E-state index contributed by atoms with van der Waals surface area (Å²) in [6.07, 6.45) is 0. The second-order valence-electron chi connectivity index (χ2n) is 3.29. The second kappa shape index (κ2) is 10.1. The van der Waals surface area contributed by atoms with Gasteiger partial charge in [-0.2, -0.15) is 0 Å². The summed E-state index contributed by atoms with van der Waals surface area (Å²) < 4.78 is 19.0. The molecule has 0 aromatic heterocycles. The Bertz CT molecular complexity index is 335. The first-order valence-corrected chi connectivity index (χ1v) is 5.73. The van der Waals surface area contributed by atoms with Gasteiger partial charge in [-0.1, -0.05) is 6.58 Å². The van der Waals surface area contributed by atoms with Gasteiger partial charge in [0.1, 0.15) is 18.8 Å². The lowest BCUT2D eigenvalue weighted by Gasteiger charge is -2.07. The lowest BCUT2D eigenvalue weighted by Crippen LogP contribution is -2.19. The van der Waals surface area contributed by atoms with E-state index in [2.05, 4.69) is 16.1 Å². The molecule has 0 aromatic carbocycles. The summed E-state index contributed by atoms with van der Waals surface area (Å²) in [5, 5.41) is 0. The molecule has 0 N–H and O–H groups in total. The van der Waals surface area contributed by atoms with Crippen LogP contribution in [0.1, 0.15) is 13.8 Å². The smallest absolute Gasteiger partial charge is 0.345 e. The molecule has 0 rings (SSSR count). The van der Waals surface area contributed by atoms with Gasteiger partial charge in [0.05, 0.1) is 19.8 Å². The van der Waals surface area contributed by atoms with Crippen molar-refractivity contribution in [2.24, 2.45) is 0 Å². The summed E-state index contributed by atoms with van der Waals surface area (Å²) >= 11 is 0. The molecule has 0 radical (unpaired) electrons. The fourth-order valence-electron chi connectivity index (χ4n) is 0.928. The Morgan fingerprint density at radius 1 is 0.895 bits per heavy atom. The third-order valence-corrected chi connectivity index (χ3v) is 1.76. The van der Waals surface area contributed by atoms with Gasteiger partial charge < -0.3 is 18.9 Å². The van der Waals surface area contributed by atoms with Crippen LogP contribution in [0.2, 0.25) is 0 Å². The van der Waals surface area contributed by atoms with Gasteiger partial charge in [0.15, 0.2) is 0 Å². The van der Waals surface area contributed by atoms with Gasteiger partial charge >= 0.3 is 17.9 Å². The summed E-state index contributed by atoms with van der Waals surface area (Å²) in [5.41, 5.74) is -0.359. The third kappa shape index (κ3) is 8.78. The predicted octanol–water partition coefficient (Wildman–Crippen LogP) is 0.229. The van der Waals surface area contributed by atoms with Crippen molar-refractivity contribution in [3.05, 3.63) is 12.2 Å². The molecule has 0 saturated heterocycles. The van der Waals surface area contributed by atoms with Crippen molar-refractivity contribution in [1.82, 2.24) is 0 Å². The SMILES string of the molecule is C=C(C(=O)OCC)C(=O)OCCOCCOC(C)=O. The molecule has 0 unspecified atom stereocenters. The van der Waals surface area contributed by atoms with E-state index in [9.17, 15) is 14.4 Å². The van der Waals surface area contributed by atoms with E-state index < -0.39 is 11.9 Å². The fourth-order valence-corrected chi connectivity index (χ4v) is 0.928. The lowest BCUT2D eigenvalue weighted by molar-refractivity contribution is -0.147. The molecule has 7 nitrogen and oxygen atoms in total. The Morgan fingerprint density at radius 2 is 1.42 bits per heavy atom. The minimum atomic E-state index is -0.845. The van der Waals surface area contributed by atoms with Crippen molar-refractivity contribution in [2.45, 2.75) is 13.8 Å². The number of hydrogen-bond donors (Lipinski definition) is 0. The molecule has 0 aliphatic carbocycles. The first kappa shape index (κ1) is 17.1. The van der Waals surface area contributed by atoms with Crippen LogP contribution >= 0.6 is 0 Å². The van der Waals surface area contributed by atoms with Gasteiger partial charge in [-0.05, 0) is 6.92 Å². The topological polar surface area (TPSA) is 88.1 Å². The van der Waals surface area contributed by atoms with E-state index in [1.165, 1.54) is 6.92 Å². The molecule has 0 spiro atoms. The molecule has 0 aliphatic heterocycles. The number of carbonyl (C=O) groups is 3. The second-order valence-corrected chi connectivity index (χ2v) is 3.29. The van der Waals surface area contributed by atoms with Crippen LogP contribution in [-0.2, 0) is 33.3 Å². The maximum Gasteiger partial charge on any atom is 0.345 e. The van der Waals surface area contributed by atoms with Gasteiger partial charge in [0, 0.05) is 6.92 Å². The number of rotatable bonds is 9. The zero-order valence-electron chi connectivity index (χ0n) is 11.1. The molecule has 0 aliphatic rings. The molecule has 19 heavy (non-hydrogen) atoms. The minimum absolute atomic E-state index is 0.0304. The Kier molecular flexibility index (Phi) is 9.07. The Labute approximate surface area is 111 Å². The normalized spacial score (nSPS) is 9.58. The number of carbonyl (C=O) groups excluding carboxylic acids is 3. The highest BCUT2D eigenvalue weighted by molar-refractivity contribution is 6.13. The van der Waals surface area contributed by atoms with E-state index in [0.29, 0.717) is 0 Å². The van der Waals surface area contributed by atoms with Crippen LogP contribution in [0.15, 0.2) is 12.2 Å². The molecule has 0 amide bonds. The maximum atomic E-state index is 11.3. The molecule has 7 heteroatoms. The van der Waals surface area contributed by atoms with E-state index in [1.807, 2.05) is 0 Å². The highest BCUT2D eigenvalue weighted by atomic mass is 16.6. The average Bonchev–Trinajstić information content (AvgIpc) is 2.36. The van der Waals surface area contributed by atoms with Crippen molar-refractivity contribution in [1.29, 1.82) is 0 Å². The highest BCUT2D eigenvalue weighted by Crippen LogP contribution is 1.98. The summed E-state index contributed by atoms with van der Waals surface area (Å²) in [4.78, 5) is 32.8. The van der Waals surface area contributed by atoms with Crippen LogP contribution in [0.25, 0.3) is 0 Å². The van der Waals surface area contributed by atoms with Gasteiger partial charge in [-0.25, -0.2) is 9.59 Å². The van der Waals surface area contributed by atoms with Crippen molar-refractivity contribution < 1.29 is 33.3 Å². The van der Waals surface area contributed by atoms with Crippen LogP contribution < -0.4 is 0 Å². The summed E-state index contributed by atoms with van der Waals surface area (Å²) in [5.74, 6) is -2.04. The summed E-state index contributed by atoms with van der Waals surface area (Å²) in [6.45, 7) is 6.78. The van der Waals surface area contributed by atoms with Crippen molar-refractivity contribution >= 4 is 17.9 Å².